The molecular formula is C30H28N4O3. The molecule has 7 heteroatoms. The van der Waals surface area contributed by atoms with Gasteiger partial charge in [-0.25, -0.2) is 0 Å². The monoisotopic (exact) mass is 492 g/mol. The minimum absolute atomic E-state index is 0.176. The summed E-state index contributed by atoms with van der Waals surface area (Å²) in [5.41, 5.74) is 3.61. The molecule has 7 nitrogen and oxygen atoms in total. The number of hydrogen-bond acceptors (Lipinski definition) is 4. The van der Waals surface area contributed by atoms with Gasteiger partial charge in [0.15, 0.2) is 0 Å². The minimum atomic E-state index is -0.953. The van der Waals surface area contributed by atoms with Crippen molar-refractivity contribution in [2.24, 2.45) is 0 Å². The third kappa shape index (κ3) is 6.89. The second-order valence-corrected chi connectivity index (χ2v) is 8.59. The van der Waals surface area contributed by atoms with Crippen molar-refractivity contribution in [3.63, 3.8) is 0 Å². The molecule has 1 heterocycles. The molecular weight excluding hydrogens is 464 g/mol. The van der Waals surface area contributed by atoms with E-state index < -0.39 is 11.9 Å². The quantitative estimate of drug-likeness (QED) is 0.359. The number of aryl methyl sites for hydroxylation is 1. The van der Waals surface area contributed by atoms with E-state index in [-0.39, 0.29) is 24.9 Å². The van der Waals surface area contributed by atoms with Gasteiger partial charge >= 0.3 is 0 Å². The van der Waals surface area contributed by atoms with Crippen LogP contribution in [-0.2, 0) is 16.1 Å². The van der Waals surface area contributed by atoms with Crippen LogP contribution in [0.25, 0.3) is 0 Å². The normalized spacial score (nSPS) is 11.3. The van der Waals surface area contributed by atoms with E-state index in [1.54, 1.807) is 48.8 Å². The number of nitrogens with one attached hydrogen (secondary N) is 2. The molecule has 3 amide bonds. The summed E-state index contributed by atoms with van der Waals surface area (Å²) in [5.74, 6) is -1.12. The average molecular weight is 493 g/mol. The van der Waals surface area contributed by atoms with E-state index in [0.717, 1.165) is 11.1 Å². The van der Waals surface area contributed by atoms with E-state index >= 15 is 0 Å². The number of nitrogens with zero attached hydrogens (tertiary/aromatic N) is 2. The fraction of sp³-hybridized carbons (Fsp3) is 0.133. The molecule has 0 bridgehead atoms. The maximum absolute atomic E-state index is 13.7. The lowest BCUT2D eigenvalue weighted by molar-refractivity contribution is -0.138. The Morgan fingerprint density at radius 2 is 1.43 bits per heavy atom. The maximum atomic E-state index is 13.7. The lowest BCUT2D eigenvalue weighted by atomic mass is 10.0. The van der Waals surface area contributed by atoms with Crippen LogP contribution in [0.2, 0.25) is 0 Å². The van der Waals surface area contributed by atoms with Crippen molar-refractivity contribution >= 4 is 23.4 Å². The third-order valence-corrected chi connectivity index (χ3v) is 5.85. The molecule has 0 aliphatic rings. The number of aromatic nitrogens is 1. The van der Waals surface area contributed by atoms with Crippen molar-refractivity contribution in [3.8, 4) is 0 Å². The van der Waals surface area contributed by atoms with Gasteiger partial charge in [-0.1, -0.05) is 66.2 Å². The summed E-state index contributed by atoms with van der Waals surface area (Å²) in [7, 11) is 0. The van der Waals surface area contributed by atoms with E-state index in [2.05, 4.69) is 15.6 Å². The predicted octanol–water partition coefficient (Wildman–Crippen LogP) is 4.53. The van der Waals surface area contributed by atoms with Crippen LogP contribution >= 0.6 is 0 Å². The second-order valence-electron chi connectivity index (χ2n) is 8.59. The summed E-state index contributed by atoms with van der Waals surface area (Å²) >= 11 is 0. The first-order valence-electron chi connectivity index (χ1n) is 12.0. The Balaban J connectivity index is 1.63. The van der Waals surface area contributed by atoms with E-state index in [1.807, 2.05) is 67.6 Å². The number of amides is 3. The summed E-state index contributed by atoms with van der Waals surface area (Å²) in [6.07, 6.45) is 3.17. The lowest BCUT2D eigenvalue weighted by Crippen LogP contribution is -2.45. The van der Waals surface area contributed by atoms with Gasteiger partial charge < -0.3 is 15.5 Å². The molecule has 4 aromatic rings. The Bertz CT molecular complexity index is 1330. The van der Waals surface area contributed by atoms with Crippen molar-refractivity contribution in [2.45, 2.75) is 19.5 Å². The SMILES string of the molecule is Cc1ccc(NC(=O)[C@@H](c2ccncc2)N(Cc2ccccc2)C(=O)CNC(=O)c2ccccc2)cc1. The fourth-order valence-electron chi connectivity index (χ4n) is 3.92. The van der Waals surface area contributed by atoms with Crippen LogP contribution in [0.3, 0.4) is 0 Å². The smallest absolute Gasteiger partial charge is 0.251 e. The zero-order chi connectivity index (χ0) is 26.0. The van der Waals surface area contributed by atoms with Crippen molar-refractivity contribution in [2.75, 3.05) is 11.9 Å². The molecule has 0 aliphatic heterocycles. The Morgan fingerprint density at radius 1 is 0.811 bits per heavy atom. The van der Waals surface area contributed by atoms with Crippen LogP contribution in [0.4, 0.5) is 5.69 Å². The number of hydrogen-bond donors (Lipinski definition) is 2. The highest BCUT2D eigenvalue weighted by atomic mass is 16.2. The Hall–Kier alpha value is -4.78. The summed E-state index contributed by atoms with van der Waals surface area (Å²) in [5, 5.41) is 5.63. The summed E-state index contributed by atoms with van der Waals surface area (Å²) in [4.78, 5) is 45.5. The number of rotatable bonds is 9. The van der Waals surface area contributed by atoms with Gasteiger partial charge in [-0.15, -0.1) is 0 Å². The molecule has 1 atom stereocenters. The average Bonchev–Trinajstić information content (AvgIpc) is 2.94. The second kappa shape index (κ2) is 12.3. The largest absolute Gasteiger partial charge is 0.343 e. The molecule has 0 radical (unpaired) electrons. The highest BCUT2D eigenvalue weighted by molar-refractivity contribution is 5.99. The molecule has 1 aromatic heterocycles. The standard InChI is InChI=1S/C30H28N4O3/c1-22-12-14-26(15-13-22)33-30(37)28(24-16-18-31-19-17-24)34(21-23-8-4-2-5-9-23)27(35)20-32-29(36)25-10-6-3-7-11-25/h2-19,28H,20-21H2,1H3,(H,32,36)(H,33,37)/t28-/m1/s1. The molecule has 0 unspecified atom stereocenters. The first-order chi connectivity index (χ1) is 18.0. The van der Waals surface area contributed by atoms with Gasteiger partial charge in [0.05, 0.1) is 6.54 Å². The van der Waals surface area contributed by atoms with Crippen LogP contribution in [0.5, 0.6) is 0 Å². The van der Waals surface area contributed by atoms with Gasteiger partial charge in [-0.2, -0.15) is 0 Å². The Labute approximate surface area is 216 Å². The molecule has 37 heavy (non-hydrogen) atoms. The Morgan fingerprint density at radius 3 is 2.08 bits per heavy atom. The molecule has 3 aromatic carbocycles. The predicted molar refractivity (Wildman–Crippen MR) is 143 cm³/mol. The molecule has 4 rings (SSSR count). The van der Waals surface area contributed by atoms with Gasteiger partial charge in [0, 0.05) is 30.2 Å². The molecule has 0 saturated carbocycles. The minimum Gasteiger partial charge on any atom is -0.343 e. The highest BCUT2D eigenvalue weighted by Crippen LogP contribution is 2.25. The highest BCUT2D eigenvalue weighted by Gasteiger charge is 2.32. The van der Waals surface area contributed by atoms with Crippen LogP contribution in [0.1, 0.15) is 33.1 Å². The number of carbonyl (C=O) groups excluding carboxylic acids is 3. The lowest BCUT2D eigenvalue weighted by Gasteiger charge is -2.31. The van der Waals surface area contributed by atoms with E-state index in [4.69, 9.17) is 0 Å². The summed E-state index contributed by atoms with van der Waals surface area (Å²) in [6, 6.07) is 28.0. The van der Waals surface area contributed by atoms with Gasteiger partial charge in [0.2, 0.25) is 5.91 Å². The van der Waals surface area contributed by atoms with Crippen LogP contribution in [-0.4, -0.2) is 34.2 Å². The van der Waals surface area contributed by atoms with E-state index in [9.17, 15) is 14.4 Å². The van der Waals surface area contributed by atoms with Crippen LogP contribution < -0.4 is 10.6 Å². The van der Waals surface area contributed by atoms with Crippen LogP contribution in [0.15, 0.2) is 109 Å². The van der Waals surface area contributed by atoms with Crippen molar-refractivity contribution < 1.29 is 14.4 Å². The molecule has 0 aliphatic carbocycles. The summed E-state index contributed by atoms with van der Waals surface area (Å²) in [6.45, 7) is 1.88. The summed E-state index contributed by atoms with van der Waals surface area (Å²) < 4.78 is 0. The molecule has 2 N–H and O–H groups in total. The number of pyridine rings is 1. The van der Waals surface area contributed by atoms with Crippen molar-refractivity contribution in [1.29, 1.82) is 0 Å². The first-order valence-corrected chi connectivity index (χ1v) is 12.0. The van der Waals surface area contributed by atoms with Gasteiger partial charge in [-0.3, -0.25) is 19.4 Å². The van der Waals surface area contributed by atoms with Gasteiger partial charge in [0.1, 0.15) is 6.04 Å². The number of benzene rings is 3. The molecule has 0 spiro atoms. The van der Waals surface area contributed by atoms with Crippen LogP contribution in [0, 0.1) is 6.92 Å². The molecule has 0 fully saturated rings. The first kappa shape index (κ1) is 25.3. The molecule has 186 valence electrons. The Kier molecular flexibility index (Phi) is 8.39. The fourth-order valence-corrected chi connectivity index (χ4v) is 3.92. The van der Waals surface area contributed by atoms with Gasteiger partial charge in [0.25, 0.3) is 11.8 Å². The van der Waals surface area contributed by atoms with E-state index in [1.165, 1.54) is 4.90 Å². The van der Waals surface area contributed by atoms with Crippen molar-refractivity contribution in [1.82, 2.24) is 15.2 Å². The zero-order valence-electron chi connectivity index (χ0n) is 20.5. The topological polar surface area (TPSA) is 91.4 Å². The van der Waals surface area contributed by atoms with Gasteiger partial charge in [-0.05, 0) is 54.4 Å². The number of anilines is 1. The van der Waals surface area contributed by atoms with E-state index in [0.29, 0.717) is 16.8 Å². The zero-order valence-corrected chi connectivity index (χ0v) is 20.5. The number of carbonyl (C=O) groups is 3. The van der Waals surface area contributed by atoms with Crippen molar-refractivity contribution in [3.05, 3.63) is 132 Å². The third-order valence-electron chi connectivity index (χ3n) is 5.85. The maximum Gasteiger partial charge on any atom is 0.251 e. The molecule has 0 saturated heterocycles.